The maximum Gasteiger partial charge on any atom is 0.251 e. The number of carbonyl (C=O) groups is 2. The minimum absolute atomic E-state index is 0.00746. The Balaban J connectivity index is 1.80. The summed E-state index contributed by atoms with van der Waals surface area (Å²) in [6.07, 6.45) is 0.479. The van der Waals surface area contributed by atoms with Gasteiger partial charge < -0.3 is 20.5 Å². The highest BCUT2D eigenvalue weighted by molar-refractivity contribution is 7.89. The van der Waals surface area contributed by atoms with Crippen molar-refractivity contribution in [1.82, 2.24) is 15.4 Å². The van der Waals surface area contributed by atoms with E-state index in [1.807, 2.05) is 0 Å². The smallest absolute Gasteiger partial charge is 0.251 e. The molecule has 0 bridgehead atoms. The van der Waals surface area contributed by atoms with Gasteiger partial charge in [-0.25, -0.2) is 13.1 Å². The van der Waals surface area contributed by atoms with Crippen LogP contribution in [0.1, 0.15) is 27.1 Å². The second kappa shape index (κ2) is 11.3. The van der Waals surface area contributed by atoms with Crippen LogP contribution in [0.4, 0.5) is 0 Å². The summed E-state index contributed by atoms with van der Waals surface area (Å²) in [4.78, 5) is 24.2. The van der Waals surface area contributed by atoms with Gasteiger partial charge in [0.05, 0.1) is 11.5 Å². The average molecular weight is 436 g/mol. The molecule has 0 aliphatic rings. The number of carbonyl (C=O) groups excluding carboxylic acids is 2. The molecule has 0 spiro atoms. The zero-order valence-electron chi connectivity index (χ0n) is 16.6. The van der Waals surface area contributed by atoms with Crippen molar-refractivity contribution in [3.05, 3.63) is 59.7 Å². The lowest BCUT2D eigenvalue weighted by molar-refractivity contribution is 0.0951. The molecule has 2 aromatic carbocycles. The van der Waals surface area contributed by atoms with Crippen molar-refractivity contribution in [2.75, 3.05) is 33.4 Å². The third-order valence-corrected chi connectivity index (χ3v) is 5.50. The van der Waals surface area contributed by atoms with E-state index in [1.165, 1.54) is 43.5 Å². The monoisotopic (exact) mass is 435 g/mol. The number of hydrogen-bond acceptors (Lipinski definition) is 6. The molecule has 0 aliphatic heterocycles. The van der Waals surface area contributed by atoms with Gasteiger partial charge in [-0.2, -0.15) is 0 Å². The fourth-order valence-electron chi connectivity index (χ4n) is 2.51. The molecule has 2 rings (SSSR count). The Labute approximate surface area is 175 Å². The Morgan fingerprint density at radius 3 is 2.13 bits per heavy atom. The number of aromatic hydroxyl groups is 1. The minimum Gasteiger partial charge on any atom is -0.508 e. The number of methoxy groups -OCH3 is 1. The Hall–Kier alpha value is -2.95. The molecule has 0 atom stereocenters. The van der Waals surface area contributed by atoms with Crippen molar-refractivity contribution in [2.45, 2.75) is 11.3 Å². The summed E-state index contributed by atoms with van der Waals surface area (Å²) in [6, 6.07) is 11.7. The number of amides is 2. The van der Waals surface area contributed by atoms with Gasteiger partial charge in [0.15, 0.2) is 0 Å². The van der Waals surface area contributed by atoms with E-state index < -0.39 is 15.9 Å². The zero-order valence-corrected chi connectivity index (χ0v) is 17.4. The van der Waals surface area contributed by atoms with Crippen LogP contribution in [0.5, 0.6) is 5.75 Å². The van der Waals surface area contributed by atoms with E-state index in [0.717, 1.165) is 0 Å². The molecular formula is C20H25N3O6S. The Bertz CT molecular complexity index is 978. The fourth-order valence-corrected chi connectivity index (χ4v) is 3.57. The molecule has 162 valence electrons. The van der Waals surface area contributed by atoms with Gasteiger partial charge in [0.1, 0.15) is 5.75 Å². The summed E-state index contributed by atoms with van der Waals surface area (Å²) in [5, 5.41) is 14.8. The van der Waals surface area contributed by atoms with Gasteiger partial charge in [-0.15, -0.1) is 0 Å². The lowest BCUT2D eigenvalue weighted by Gasteiger charge is -2.09. The largest absolute Gasteiger partial charge is 0.508 e. The first-order chi connectivity index (χ1) is 14.3. The van der Waals surface area contributed by atoms with Crippen LogP contribution in [0.3, 0.4) is 0 Å². The van der Waals surface area contributed by atoms with Gasteiger partial charge >= 0.3 is 0 Å². The van der Waals surface area contributed by atoms with Gasteiger partial charge in [0, 0.05) is 37.9 Å². The molecule has 2 aromatic rings. The van der Waals surface area contributed by atoms with Crippen molar-refractivity contribution in [3.63, 3.8) is 0 Å². The van der Waals surface area contributed by atoms with Gasteiger partial charge in [0.2, 0.25) is 10.0 Å². The quantitative estimate of drug-likeness (QED) is 0.387. The first-order valence-corrected chi connectivity index (χ1v) is 10.8. The number of sulfonamides is 1. The number of rotatable bonds is 11. The maximum absolute atomic E-state index is 12.3. The van der Waals surface area contributed by atoms with Gasteiger partial charge in [0.25, 0.3) is 11.8 Å². The van der Waals surface area contributed by atoms with Crippen molar-refractivity contribution in [3.8, 4) is 5.75 Å². The average Bonchev–Trinajstić information content (AvgIpc) is 2.73. The van der Waals surface area contributed by atoms with Crippen LogP contribution in [0.2, 0.25) is 0 Å². The molecule has 0 heterocycles. The first kappa shape index (κ1) is 23.3. The first-order valence-electron chi connectivity index (χ1n) is 9.27. The van der Waals surface area contributed by atoms with Crippen LogP contribution in [0, 0.1) is 0 Å². The van der Waals surface area contributed by atoms with Crippen LogP contribution < -0.4 is 15.4 Å². The van der Waals surface area contributed by atoms with Crippen molar-refractivity contribution in [1.29, 1.82) is 0 Å². The molecule has 9 nitrogen and oxygen atoms in total. The van der Waals surface area contributed by atoms with E-state index in [2.05, 4.69) is 15.4 Å². The molecule has 0 aliphatic carbocycles. The topological polar surface area (TPSA) is 134 Å². The summed E-state index contributed by atoms with van der Waals surface area (Å²) in [6.45, 7) is 0.986. The lowest BCUT2D eigenvalue weighted by atomic mass is 10.2. The van der Waals surface area contributed by atoms with E-state index in [0.29, 0.717) is 25.1 Å². The second-order valence-electron chi connectivity index (χ2n) is 6.33. The molecule has 0 radical (unpaired) electrons. The molecule has 10 heteroatoms. The normalized spacial score (nSPS) is 11.1. The molecular weight excluding hydrogens is 410 g/mol. The molecule has 0 saturated heterocycles. The molecule has 30 heavy (non-hydrogen) atoms. The summed E-state index contributed by atoms with van der Waals surface area (Å²) in [5.74, 6) is -0.729. The fraction of sp³-hybridized carbons (Fsp3) is 0.300. The third-order valence-electron chi connectivity index (χ3n) is 4.04. The number of hydrogen-bond donors (Lipinski definition) is 4. The predicted molar refractivity (Wildman–Crippen MR) is 111 cm³/mol. The highest BCUT2D eigenvalue weighted by Crippen LogP contribution is 2.12. The summed E-state index contributed by atoms with van der Waals surface area (Å²) < 4.78 is 31.7. The van der Waals surface area contributed by atoms with Crippen molar-refractivity contribution >= 4 is 21.8 Å². The molecule has 0 saturated carbocycles. The molecule has 0 aromatic heterocycles. The third kappa shape index (κ3) is 7.14. The SMILES string of the molecule is COCCNS(=O)(=O)c1cccc(C(=O)NCCCNC(=O)c2cccc(O)c2)c1. The van der Waals surface area contributed by atoms with Crippen LogP contribution in [-0.2, 0) is 14.8 Å². The number of phenolic OH excluding ortho intramolecular Hbond substituents is 1. The molecule has 4 N–H and O–H groups in total. The molecule has 2 amide bonds. The summed E-state index contributed by atoms with van der Waals surface area (Å²) in [5.41, 5.74) is 0.560. The van der Waals surface area contributed by atoms with E-state index in [4.69, 9.17) is 4.74 Å². The Kier molecular flexibility index (Phi) is 8.78. The van der Waals surface area contributed by atoms with Gasteiger partial charge in [-0.05, 0) is 42.8 Å². The minimum atomic E-state index is -3.73. The van der Waals surface area contributed by atoms with E-state index in [1.54, 1.807) is 12.1 Å². The highest BCUT2D eigenvalue weighted by Gasteiger charge is 2.15. The van der Waals surface area contributed by atoms with E-state index in [9.17, 15) is 23.1 Å². The predicted octanol–water partition coefficient (Wildman–Crippen LogP) is 0.867. The molecule has 0 fully saturated rings. The van der Waals surface area contributed by atoms with Crippen LogP contribution in [0.15, 0.2) is 53.4 Å². The number of ether oxygens (including phenoxy) is 1. The number of nitrogens with one attached hydrogen (secondary N) is 3. The molecule has 0 unspecified atom stereocenters. The van der Waals surface area contributed by atoms with Crippen molar-refractivity contribution in [2.24, 2.45) is 0 Å². The summed E-state index contributed by atoms with van der Waals surface area (Å²) >= 11 is 0. The van der Waals surface area contributed by atoms with Crippen LogP contribution >= 0.6 is 0 Å². The zero-order chi connectivity index (χ0) is 22.0. The highest BCUT2D eigenvalue weighted by atomic mass is 32.2. The van der Waals surface area contributed by atoms with Gasteiger partial charge in [-0.3, -0.25) is 9.59 Å². The van der Waals surface area contributed by atoms with E-state index >= 15 is 0 Å². The Morgan fingerprint density at radius 2 is 1.53 bits per heavy atom. The standard InChI is InChI=1S/C20H25N3O6S/c1-29-12-11-23-30(27,28)18-8-3-6-16(14-18)20(26)22-10-4-9-21-19(25)15-5-2-7-17(24)13-15/h2-3,5-8,13-14,23-24H,4,9-12H2,1H3,(H,21,25)(H,22,26). The maximum atomic E-state index is 12.3. The van der Waals surface area contributed by atoms with Crippen molar-refractivity contribution < 1.29 is 27.9 Å². The van der Waals surface area contributed by atoms with Gasteiger partial charge in [-0.1, -0.05) is 12.1 Å². The lowest BCUT2D eigenvalue weighted by Crippen LogP contribution is -2.30. The number of benzene rings is 2. The van der Waals surface area contributed by atoms with Crippen LogP contribution in [-0.4, -0.2) is 58.7 Å². The van der Waals surface area contributed by atoms with Crippen LogP contribution in [0.25, 0.3) is 0 Å². The summed E-state index contributed by atoms with van der Waals surface area (Å²) in [7, 11) is -2.26. The second-order valence-corrected chi connectivity index (χ2v) is 8.10. The Morgan fingerprint density at radius 1 is 0.933 bits per heavy atom. The number of phenols is 1. The van der Waals surface area contributed by atoms with E-state index in [-0.39, 0.29) is 35.3 Å².